The van der Waals surface area contributed by atoms with Crippen molar-refractivity contribution >= 4 is 17.7 Å². The van der Waals surface area contributed by atoms with E-state index in [0.29, 0.717) is 12.5 Å². The van der Waals surface area contributed by atoms with Gasteiger partial charge >= 0.3 is 0 Å². The van der Waals surface area contributed by atoms with Gasteiger partial charge in [-0.25, -0.2) is 0 Å². The minimum atomic E-state index is -0.160. The van der Waals surface area contributed by atoms with E-state index in [1.807, 2.05) is 13.8 Å². The molecule has 0 aromatic heterocycles. The molecular formula is C6H11NO2S. The van der Waals surface area contributed by atoms with Crippen LogP contribution in [0.1, 0.15) is 13.8 Å². The van der Waals surface area contributed by atoms with E-state index in [2.05, 4.69) is 5.16 Å². The van der Waals surface area contributed by atoms with Crippen LogP contribution in [0.25, 0.3) is 0 Å². The van der Waals surface area contributed by atoms with E-state index in [1.54, 1.807) is 11.8 Å². The molecule has 0 atom stereocenters. The van der Waals surface area contributed by atoms with Crippen molar-refractivity contribution in [1.82, 2.24) is 0 Å². The van der Waals surface area contributed by atoms with Crippen molar-refractivity contribution in [1.29, 1.82) is 0 Å². The zero-order chi connectivity index (χ0) is 7.61. The standard InChI is InChI=1S/C6H11NO2S/c1-6(2)5(7-8)9-3-4-10-6/h8H,3-4H2,1-2H3. The Kier molecular flexibility index (Phi) is 2.08. The van der Waals surface area contributed by atoms with Crippen molar-refractivity contribution in [3.8, 4) is 0 Å². The molecule has 0 aliphatic carbocycles. The van der Waals surface area contributed by atoms with Gasteiger partial charge in [-0.2, -0.15) is 0 Å². The van der Waals surface area contributed by atoms with Crippen molar-refractivity contribution in [2.75, 3.05) is 12.4 Å². The molecule has 0 saturated carbocycles. The summed E-state index contributed by atoms with van der Waals surface area (Å²) in [6, 6.07) is 0. The third-order valence-electron chi connectivity index (χ3n) is 1.39. The molecule has 1 rings (SSSR count). The molecule has 0 spiro atoms. The topological polar surface area (TPSA) is 41.8 Å². The molecular weight excluding hydrogens is 150 g/mol. The number of nitrogens with zero attached hydrogens (tertiary/aromatic N) is 1. The van der Waals surface area contributed by atoms with E-state index >= 15 is 0 Å². The van der Waals surface area contributed by atoms with E-state index in [9.17, 15) is 0 Å². The molecule has 1 aliphatic heterocycles. The van der Waals surface area contributed by atoms with Gasteiger partial charge < -0.3 is 9.94 Å². The molecule has 10 heavy (non-hydrogen) atoms. The lowest BCUT2D eigenvalue weighted by molar-refractivity contribution is 0.250. The number of rotatable bonds is 0. The van der Waals surface area contributed by atoms with Gasteiger partial charge in [0.05, 0.1) is 11.4 Å². The van der Waals surface area contributed by atoms with Gasteiger partial charge in [0.2, 0.25) is 5.90 Å². The highest BCUT2D eigenvalue weighted by Crippen LogP contribution is 2.29. The highest BCUT2D eigenvalue weighted by atomic mass is 32.2. The van der Waals surface area contributed by atoms with Crippen molar-refractivity contribution in [2.24, 2.45) is 5.16 Å². The highest BCUT2D eigenvalue weighted by Gasteiger charge is 2.31. The maximum Gasteiger partial charge on any atom is 0.241 e. The van der Waals surface area contributed by atoms with Gasteiger partial charge in [-0.3, -0.25) is 0 Å². The smallest absolute Gasteiger partial charge is 0.241 e. The minimum absolute atomic E-state index is 0.160. The molecule has 1 saturated heterocycles. The first-order valence-electron chi connectivity index (χ1n) is 3.16. The first-order valence-corrected chi connectivity index (χ1v) is 4.14. The van der Waals surface area contributed by atoms with E-state index in [-0.39, 0.29) is 4.75 Å². The number of thioether (sulfide) groups is 1. The molecule has 58 valence electrons. The zero-order valence-electron chi connectivity index (χ0n) is 6.13. The fraction of sp³-hybridized carbons (Fsp3) is 0.833. The zero-order valence-corrected chi connectivity index (χ0v) is 6.94. The molecule has 1 heterocycles. The van der Waals surface area contributed by atoms with Crippen molar-refractivity contribution in [3.63, 3.8) is 0 Å². The first kappa shape index (κ1) is 7.72. The molecule has 0 aromatic carbocycles. The third-order valence-corrected chi connectivity index (χ3v) is 2.66. The summed E-state index contributed by atoms with van der Waals surface area (Å²) in [6.07, 6.45) is 0. The SMILES string of the molecule is CC1(C)SCCOC1=NO. The quantitative estimate of drug-likeness (QED) is 0.430. The summed E-state index contributed by atoms with van der Waals surface area (Å²) >= 11 is 1.74. The van der Waals surface area contributed by atoms with Crippen LogP contribution in [-0.4, -0.2) is 28.2 Å². The lowest BCUT2D eigenvalue weighted by Gasteiger charge is -2.28. The van der Waals surface area contributed by atoms with Crippen LogP contribution in [0.5, 0.6) is 0 Å². The van der Waals surface area contributed by atoms with Crippen LogP contribution in [0, 0.1) is 0 Å². The molecule has 1 aliphatic rings. The van der Waals surface area contributed by atoms with Gasteiger partial charge in [0.1, 0.15) is 0 Å². The lowest BCUT2D eigenvalue weighted by Crippen LogP contribution is -2.35. The number of hydrogen-bond donors (Lipinski definition) is 1. The fourth-order valence-corrected chi connectivity index (χ4v) is 1.72. The molecule has 0 bridgehead atoms. The van der Waals surface area contributed by atoms with Crippen LogP contribution in [0.4, 0.5) is 0 Å². The predicted octanol–water partition coefficient (Wildman–Crippen LogP) is 1.32. The number of oxime groups is 1. The Morgan fingerprint density at radius 1 is 1.70 bits per heavy atom. The second kappa shape index (κ2) is 2.70. The van der Waals surface area contributed by atoms with Crippen LogP contribution in [0.2, 0.25) is 0 Å². The monoisotopic (exact) mass is 161 g/mol. The average molecular weight is 161 g/mol. The Morgan fingerprint density at radius 2 is 2.40 bits per heavy atom. The van der Waals surface area contributed by atoms with E-state index < -0.39 is 0 Å². The molecule has 4 heteroatoms. The van der Waals surface area contributed by atoms with Crippen LogP contribution >= 0.6 is 11.8 Å². The van der Waals surface area contributed by atoms with Crippen molar-refractivity contribution in [2.45, 2.75) is 18.6 Å². The highest BCUT2D eigenvalue weighted by molar-refractivity contribution is 8.01. The van der Waals surface area contributed by atoms with Gasteiger partial charge in [-0.15, -0.1) is 11.8 Å². The van der Waals surface area contributed by atoms with E-state index in [1.165, 1.54) is 0 Å². The molecule has 0 radical (unpaired) electrons. The summed E-state index contributed by atoms with van der Waals surface area (Å²) in [6.45, 7) is 4.60. The average Bonchev–Trinajstić information content (AvgIpc) is 1.87. The minimum Gasteiger partial charge on any atom is -0.477 e. The Balaban J connectivity index is 2.70. The second-order valence-electron chi connectivity index (χ2n) is 2.61. The van der Waals surface area contributed by atoms with E-state index in [4.69, 9.17) is 9.94 Å². The second-order valence-corrected chi connectivity index (χ2v) is 4.33. The summed E-state index contributed by atoms with van der Waals surface area (Å²) in [5.41, 5.74) is 0. The van der Waals surface area contributed by atoms with Crippen LogP contribution in [-0.2, 0) is 4.74 Å². The summed E-state index contributed by atoms with van der Waals surface area (Å²) < 4.78 is 4.96. The van der Waals surface area contributed by atoms with Crippen molar-refractivity contribution < 1.29 is 9.94 Å². The van der Waals surface area contributed by atoms with Crippen molar-refractivity contribution in [3.05, 3.63) is 0 Å². The molecule has 3 nitrogen and oxygen atoms in total. The molecule has 0 unspecified atom stereocenters. The lowest BCUT2D eigenvalue weighted by atomic mass is 10.2. The third kappa shape index (κ3) is 1.37. The normalized spacial score (nSPS) is 28.0. The summed E-state index contributed by atoms with van der Waals surface area (Å²) in [7, 11) is 0. The van der Waals surface area contributed by atoms with E-state index in [0.717, 1.165) is 5.75 Å². The molecule has 1 fully saturated rings. The van der Waals surface area contributed by atoms with Gasteiger partial charge in [0.25, 0.3) is 0 Å². The summed E-state index contributed by atoms with van der Waals surface area (Å²) in [5.74, 6) is 1.40. The van der Waals surface area contributed by atoms with Gasteiger partial charge in [0, 0.05) is 5.75 Å². The fourth-order valence-electron chi connectivity index (χ4n) is 0.820. The van der Waals surface area contributed by atoms with Crippen LogP contribution in [0.15, 0.2) is 5.16 Å². The Labute approximate surface area is 64.4 Å². The van der Waals surface area contributed by atoms with Crippen LogP contribution in [0.3, 0.4) is 0 Å². The summed E-state index contributed by atoms with van der Waals surface area (Å²) in [5, 5.41) is 11.6. The largest absolute Gasteiger partial charge is 0.477 e. The molecule has 0 aromatic rings. The Morgan fingerprint density at radius 3 is 2.80 bits per heavy atom. The summed E-state index contributed by atoms with van der Waals surface area (Å²) in [4.78, 5) is 0. The number of ether oxygens (including phenoxy) is 1. The Bertz CT molecular complexity index is 156. The van der Waals surface area contributed by atoms with Crippen LogP contribution < -0.4 is 0 Å². The van der Waals surface area contributed by atoms with Gasteiger partial charge in [-0.05, 0) is 13.8 Å². The molecule has 1 N–H and O–H groups in total. The maximum absolute atomic E-state index is 8.48. The maximum atomic E-state index is 8.48. The number of hydrogen-bond acceptors (Lipinski definition) is 4. The molecule has 0 amide bonds. The predicted molar refractivity (Wildman–Crippen MR) is 41.7 cm³/mol. The Hall–Kier alpha value is -0.380. The van der Waals surface area contributed by atoms with Gasteiger partial charge in [-0.1, -0.05) is 5.16 Å². The first-order chi connectivity index (χ1) is 4.67. The van der Waals surface area contributed by atoms with Gasteiger partial charge in [0.15, 0.2) is 0 Å².